The number of allylic oxidation sites excluding steroid dienone is 1. The number of aromatic nitrogens is 2. The first-order chi connectivity index (χ1) is 28.9. The molecule has 1 atom stereocenters. The Morgan fingerprint density at radius 1 is 0.823 bits per heavy atom. The van der Waals surface area contributed by atoms with E-state index in [-0.39, 0.29) is 46.7 Å². The average Bonchev–Trinajstić information content (AvgIpc) is 3.29. The number of ether oxygens (including phenoxy) is 3. The molecule has 0 radical (unpaired) electrons. The van der Waals surface area contributed by atoms with Crippen LogP contribution in [0, 0.1) is 11.6 Å². The predicted molar refractivity (Wildman–Crippen MR) is 225 cm³/mol. The molecule has 2 aromatic carbocycles. The molecule has 3 heterocycles. The smallest absolute Gasteiger partial charge is 0.481 e. The number of carbonyl (C=O) groups excluding carboxylic acids is 2. The van der Waals surface area contributed by atoms with Gasteiger partial charge in [-0.3, -0.25) is 9.59 Å². The van der Waals surface area contributed by atoms with Crippen LogP contribution in [0.3, 0.4) is 0 Å². The fourth-order valence-electron chi connectivity index (χ4n) is 7.13. The summed E-state index contributed by atoms with van der Waals surface area (Å²) < 4.78 is 110. The lowest BCUT2D eigenvalue weighted by molar-refractivity contribution is -0.134. The quantitative estimate of drug-likeness (QED) is 0.0775. The van der Waals surface area contributed by atoms with Crippen molar-refractivity contribution < 1.29 is 59.5 Å². The zero-order chi connectivity index (χ0) is 45.9. The molecule has 1 aliphatic heterocycles. The molecule has 17 heteroatoms. The highest BCUT2D eigenvalue weighted by Gasteiger charge is 2.52. The summed E-state index contributed by atoms with van der Waals surface area (Å²) >= 11 is 3.36. The van der Waals surface area contributed by atoms with Gasteiger partial charge < -0.3 is 23.5 Å². The number of ketones is 1. The Balaban J connectivity index is 0.000000180. The lowest BCUT2D eigenvalue weighted by Gasteiger charge is -2.32. The first-order valence-corrected chi connectivity index (χ1v) is 20.5. The molecule has 0 saturated carbocycles. The van der Waals surface area contributed by atoms with Crippen molar-refractivity contribution in [2.24, 2.45) is 0 Å². The number of Topliss-reactive ketones (excluding diaryl/α,β-unsaturated/α-hetero) is 1. The molecule has 0 spiro atoms. The van der Waals surface area contributed by atoms with Crippen LogP contribution in [0.5, 0.6) is 11.8 Å². The van der Waals surface area contributed by atoms with Gasteiger partial charge in [-0.05, 0) is 99.9 Å². The third kappa shape index (κ3) is 10.9. The van der Waals surface area contributed by atoms with Crippen LogP contribution in [0.4, 0.5) is 26.3 Å². The monoisotopic (exact) mass is 932 g/mol. The Morgan fingerprint density at radius 3 is 1.94 bits per heavy atom. The lowest BCUT2D eigenvalue weighted by atomic mass is 9.79. The maximum absolute atomic E-state index is 14.0. The van der Waals surface area contributed by atoms with Gasteiger partial charge in [0.2, 0.25) is 11.8 Å². The van der Waals surface area contributed by atoms with E-state index in [0.29, 0.717) is 64.7 Å². The first-order valence-electron chi connectivity index (χ1n) is 19.7. The zero-order valence-corrected chi connectivity index (χ0v) is 37.4. The summed E-state index contributed by atoms with van der Waals surface area (Å²) in [6, 6.07) is 12.1. The number of hydrogen-bond acceptors (Lipinski definition) is 9. The summed E-state index contributed by atoms with van der Waals surface area (Å²) in [5.74, 6) is -7.71. The summed E-state index contributed by atoms with van der Waals surface area (Å²) in [5, 5.41) is 0. The number of halogens is 7. The average molecular weight is 934 g/mol. The van der Waals surface area contributed by atoms with Crippen LogP contribution >= 0.6 is 15.9 Å². The molecule has 332 valence electrons. The summed E-state index contributed by atoms with van der Waals surface area (Å²) in [5.41, 5.74) is 1.62. The van der Waals surface area contributed by atoms with E-state index in [9.17, 15) is 35.9 Å². The molecule has 0 amide bonds. The van der Waals surface area contributed by atoms with Crippen LogP contribution in [-0.2, 0) is 54.7 Å². The maximum Gasteiger partial charge on any atom is 0.496 e. The Morgan fingerprint density at radius 2 is 1.37 bits per heavy atom. The number of nitrogens with zero attached hydrogens (tertiary/aromatic N) is 2. The van der Waals surface area contributed by atoms with Gasteiger partial charge in [-0.2, -0.15) is 0 Å². The number of pyridine rings is 2. The minimum Gasteiger partial charge on any atom is -0.481 e. The van der Waals surface area contributed by atoms with Crippen molar-refractivity contribution in [3.05, 3.63) is 116 Å². The molecule has 2 aliphatic carbocycles. The van der Waals surface area contributed by atoms with Crippen molar-refractivity contribution in [1.82, 2.24) is 9.97 Å². The van der Waals surface area contributed by atoms with E-state index >= 15 is 0 Å². The minimum atomic E-state index is -3.14. The van der Waals surface area contributed by atoms with E-state index in [4.69, 9.17) is 23.5 Å². The summed E-state index contributed by atoms with van der Waals surface area (Å²) in [7, 11) is 1.86. The molecule has 2 aromatic heterocycles. The van der Waals surface area contributed by atoms with Crippen molar-refractivity contribution in [3.63, 3.8) is 0 Å². The van der Waals surface area contributed by atoms with Gasteiger partial charge in [0.1, 0.15) is 23.2 Å². The molecule has 4 aromatic rings. The van der Waals surface area contributed by atoms with E-state index in [2.05, 4.69) is 25.9 Å². The largest absolute Gasteiger partial charge is 0.496 e. The van der Waals surface area contributed by atoms with Gasteiger partial charge >= 0.3 is 13.1 Å². The van der Waals surface area contributed by atoms with Gasteiger partial charge in [-0.25, -0.2) is 36.3 Å². The highest BCUT2D eigenvalue weighted by atomic mass is 79.9. The number of carbonyl (C=O) groups is 2. The molecule has 0 bridgehead atoms. The topological polar surface area (TPSA) is 106 Å². The Bertz CT molecular complexity index is 2330. The van der Waals surface area contributed by atoms with E-state index in [1.807, 2.05) is 27.7 Å². The molecule has 1 unspecified atom stereocenters. The van der Waals surface area contributed by atoms with Crippen LogP contribution in [0.25, 0.3) is 5.76 Å². The van der Waals surface area contributed by atoms with Crippen LogP contribution in [0.1, 0.15) is 106 Å². The van der Waals surface area contributed by atoms with Crippen LogP contribution in [-0.4, -0.2) is 54.3 Å². The number of alkyl halides is 4. The maximum atomic E-state index is 14.0. The molecule has 62 heavy (non-hydrogen) atoms. The van der Waals surface area contributed by atoms with Gasteiger partial charge in [-0.15, -0.1) is 0 Å². The van der Waals surface area contributed by atoms with Crippen molar-refractivity contribution in [2.75, 3.05) is 14.2 Å². The number of fused-ring (bicyclic) bond motifs is 2. The fraction of sp³-hybridized carbons (Fsp3) is 0.422. The summed E-state index contributed by atoms with van der Waals surface area (Å²) in [6.45, 7) is 10.5. The Labute approximate surface area is 365 Å². The zero-order valence-electron chi connectivity index (χ0n) is 35.9. The van der Waals surface area contributed by atoms with Gasteiger partial charge in [0.15, 0.2) is 0 Å². The molecule has 1 saturated heterocycles. The van der Waals surface area contributed by atoms with Crippen molar-refractivity contribution in [2.45, 2.75) is 110 Å². The number of rotatable bonds is 7. The van der Waals surface area contributed by atoms with E-state index in [1.54, 1.807) is 24.3 Å². The second-order valence-electron chi connectivity index (χ2n) is 16.2. The molecule has 1 fully saturated rings. The third-order valence-electron chi connectivity index (χ3n) is 11.1. The fourth-order valence-corrected chi connectivity index (χ4v) is 7.62. The summed E-state index contributed by atoms with van der Waals surface area (Å²) in [4.78, 5) is 31.5. The molecule has 9 nitrogen and oxygen atoms in total. The molecule has 7 rings (SSSR count). The van der Waals surface area contributed by atoms with Crippen molar-refractivity contribution in [3.8, 4) is 11.8 Å². The van der Waals surface area contributed by atoms with E-state index in [1.165, 1.54) is 57.8 Å². The van der Waals surface area contributed by atoms with E-state index < -0.39 is 42.1 Å². The molecule has 3 aliphatic rings. The van der Waals surface area contributed by atoms with Gasteiger partial charge in [-0.1, -0.05) is 40.2 Å². The van der Waals surface area contributed by atoms with Crippen molar-refractivity contribution >= 4 is 46.0 Å². The predicted octanol–water partition coefficient (Wildman–Crippen LogP) is 10.1. The molecular weight excluding hydrogens is 885 g/mol. The summed E-state index contributed by atoms with van der Waals surface area (Å²) in [6.07, 6.45) is 4.92. The highest BCUT2D eigenvalue weighted by Crippen LogP contribution is 2.40. The van der Waals surface area contributed by atoms with Crippen LogP contribution in [0.15, 0.2) is 65.4 Å². The molecule has 0 N–H and O–H groups in total. The number of hydrogen-bond donors (Lipinski definition) is 0. The van der Waals surface area contributed by atoms with Gasteiger partial charge in [0, 0.05) is 61.0 Å². The second-order valence-corrected chi connectivity index (χ2v) is 17.2. The second kappa shape index (κ2) is 18.9. The standard InChI is InChI=1S/C19H18F3NO2.C14H20BF2NO3.C12H10BrFO2/c1-19(21,22)15-8-12(10-23-18(15)25-2)14-7-6-13-11(9-17(14)24)4-3-5-16(13)20;1-12(2)13(3,4)21-15(20-12)9-7-10(14(5,16)17)11(19-6)18-8-9;1-7(15)16-12-9-3-2-4-11(14)8(9)5-6-10(12)13/h3-5,8,10,14H,6-7,9H2,1-2H3;7-8H,1-6H3;2-4H,5-6H2,1H3. The lowest BCUT2D eigenvalue weighted by Crippen LogP contribution is -2.41. The van der Waals surface area contributed by atoms with Crippen LogP contribution < -0.4 is 14.9 Å². The SMILES string of the molecule is CC(=O)OC1=C(Br)CCc2c(F)cccc21.COc1ncc(B2OC(C)(C)C(C)(C)O2)cc1C(C)(F)F.COc1ncc(C2CCc3c(F)cccc3CC2=O)cc1C(C)(F)F. The first kappa shape index (κ1) is 48.3. The van der Waals surface area contributed by atoms with Gasteiger partial charge in [0.05, 0.1) is 36.5 Å². The Hall–Kier alpha value is -4.74. The highest BCUT2D eigenvalue weighted by molar-refractivity contribution is 9.11. The van der Waals surface area contributed by atoms with Crippen molar-refractivity contribution in [1.29, 1.82) is 0 Å². The minimum absolute atomic E-state index is 0.0850. The van der Waals surface area contributed by atoms with Gasteiger partial charge in [0.25, 0.3) is 11.8 Å². The third-order valence-corrected chi connectivity index (χ3v) is 11.9. The van der Waals surface area contributed by atoms with E-state index in [0.717, 1.165) is 18.3 Å². The normalized spacial score (nSPS) is 18.0. The number of methoxy groups -OCH3 is 2. The number of esters is 1. The van der Waals surface area contributed by atoms with Crippen LogP contribution in [0.2, 0.25) is 0 Å². The number of benzene rings is 2. The Kier molecular flexibility index (Phi) is 14.8. The molecular formula is C45H48BBrF6N2O7.